The molecule has 0 saturated carbocycles. The fourth-order valence-electron chi connectivity index (χ4n) is 2.85. The first kappa shape index (κ1) is 11.7. The van der Waals surface area contributed by atoms with E-state index in [2.05, 4.69) is 42.7 Å². The van der Waals surface area contributed by atoms with Gasteiger partial charge in [0.25, 0.3) is 0 Å². The summed E-state index contributed by atoms with van der Waals surface area (Å²) in [5.41, 5.74) is 0. The maximum Gasteiger partial charge on any atom is 0.0221 e. The highest BCUT2D eigenvalue weighted by molar-refractivity contribution is 8.00. The molecule has 2 saturated heterocycles. The van der Waals surface area contributed by atoms with Gasteiger partial charge in [0.2, 0.25) is 0 Å². The van der Waals surface area contributed by atoms with Crippen molar-refractivity contribution in [3.05, 3.63) is 0 Å². The molecule has 2 aliphatic heterocycles. The molecule has 0 bridgehead atoms. The van der Waals surface area contributed by atoms with Gasteiger partial charge in [0, 0.05) is 36.2 Å². The lowest BCUT2D eigenvalue weighted by atomic mass is 10.0. The first-order chi connectivity index (χ1) is 7.15. The number of hydrogen-bond donors (Lipinski definition) is 1. The molecule has 1 N–H and O–H groups in total. The molecule has 2 heterocycles. The van der Waals surface area contributed by atoms with E-state index in [1.54, 1.807) is 0 Å². The number of thioether (sulfide) groups is 1. The molecule has 0 spiro atoms. The molecule has 0 amide bonds. The average Bonchev–Trinajstić information content (AvgIpc) is 2.50. The van der Waals surface area contributed by atoms with E-state index in [0.717, 1.165) is 22.5 Å². The van der Waals surface area contributed by atoms with E-state index in [9.17, 15) is 0 Å². The normalized spacial score (nSPS) is 43.4. The molecule has 2 aliphatic rings. The second-order valence-corrected chi connectivity index (χ2v) is 7.18. The molecular formula is C12H24N2S. The Kier molecular flexibility index (Phi) is 3.97. The van der Waals surface area contributed by atoms with E-state index >= 15 is 0 Å². The Morgan fingerprint density at radius 3 is 2.40 bits per heavy atom. The Balaban J connectivity index is 1.83. The van der Waals surface area contributed by atoms with Crippen LogP contribution in [0.25, 0.3) is 0 Å². The Hall–Kier alpha value is 0.270. The van der Waals surface area contributed by atoms with E-state index in [1.807, 2.05) is 0 Å². The number of nitrogens with one attached hydrogen (secondary N) is 1. The van der Waals surface area contributed by atoms with Crippen molar-refractivity contribution in [3.63, 3.8) is 0 Å². The summed E-state index contributed by atoms with van der Waals surface area (Å²) in [6.07, 6.45) is 1.36. The van der Waals surface area contributed by atoms with Crippen molar-refractivity contribution < 1.29 is 0 Å². The molecule has 2 rings (SSSR count). The minimum absolute atomic E-state index is 0.743. The van der Waals surface area contributed by atoms with Gasteiger partial charge >= 0.3 is 0 Å². The van der Waals surface area contributed by atoms with Crippen molar-refractivity contribution in [1.29, 1.82) is 0 Å². The summed E-state index contributed by atoms with van der Waals surface area (Å²) in [4.78, 5) is 2.66. The van der Waals surface area contributed by atoms with Crippen LogP contribution in [0.5, 0.6) is 0 Å². The van der Waals surface area contributed by atoms with Crippen molar-refractivity contribution in [3.8, 4) is 0 Å². The molecule has 0 aromatic heterocycles. The SMILES string of the molecule is CC1CN(CC2NCCC2C)CC(C)S1. The van der Waals surface area contributed by atoms with Gasteiger partial charge in [-0.2, -0.15) is 11.8 Å². The molecule has 0 radical (unpaired) electrons. The van der Waals surface area contributed by atoms with Crippen molar-refractivity contribution in [1.82, 2.24) is 10.2 Å². The van der Waals surface area contributed by atoms with Crippen LogP contribution in [0.15, 0.2) is 0 Å². The number of rotatable bonds is 2. The van der Waals surface area contributed by atoms with Gasteiger partial charge in [0.05, 0.1) is 0 Å². The third-order valence-corrected chi connectivity index (χ3v) is 4.87. The fourth-order valence-corrected chi connectivity index (χ4v) is 4.24. The molecule has 0 aliphatic carbocycles. The molecular weight excluding hydrogens is 204 g/mol. The molecule has 15 heavy (non-hydrogen) atoms. The van der Waals surface area contributed by atoms with E-state index in [4.69, 9.17) is 0 Å². The first-order valence-electron chi connectivity index (χ1n) is 6.26. The zero-order valence-corrected chi connectivity index (χ0v) is 11.0. The van der Waals surface area contributed by atoms with Gasteiger partial charge in [-0.25, -0.2) is 0 Å². The molecule has 3 heteroatoms. The maximum absolute atomic E-state index is 3.63. The van der Waals surface area contributed by atoms with Crippen LogP contribution in [0.1, 0.15) is 27.2 Å². The van der Waals surface area contributed by atoms with E-state index < -0.39 is 0 Å². The molecule has 4 atom stereocenters. The van der Waals surface area contributed by atoms with E-state index in [1.165, 1.54) is 32.6 Å². The van der Waals surface area contributed by atoms with Crippen LogP contribution in [0, 0.1) is 5.92 Å². The third kappa shape index (κ3) is 3.11. The molecule has 0 aromatic rings. The highest BCUT2D eigenvalue weighted by Crippen LogP contribution is 2.26. The Bertz CT molecular complexity index is 200. The van der Waals surface area contributed by atoms with Gasteiger partial charge in [-0.3, -0.25) is 4.90 Å². The molecule has 0 aromatic carbocycles. The molecule has 88 valence electrons. The average molecular weight is 228 g/mol. The van der Waals surface area contributed by atoms with Crippen LogP contribution in [0.3, 0.4) is 0 Å². The van der Waals surface area contributed by atoms with Gasteiger partial charge < -0.3 is 5.32 Å². The second kappa shape index (κ2) is 5.07. The minimum Gasteiger partial charge on any atom is -0.312 e. The first-order valence-corrected chi connectivity index (χ1v) is 7.20. The standard InChI is InChI=1S/C12H24N2S/c1-9-4-5-13-12(9)8-14-6-10(2)15-11(3)7-14/h9-13H,4-8H2,1-3H3. The van der Waals surface area contributed by atoms with Gasteiger partial charge in [0.1, 0.15) is 0 Å². The third-order valence-electron chi connectivity index (χ3n) is 3.64. The smallest absolute Gasteiger partial charge is 0.0221 e. The lowest BCUT2D eigenvalue weighted by Crippen LogP contribution is -2.47. The van der Waals surface area contributed by atoms with Crippen molar-refractivity contribution in [2.75, 3.05) is 26.2 Å². The summed E-state index contributed by atoms with van der Waals surface area (Å²) in [6, 6.07) is 0.743. The lowest BCUT2D eigenvalue weighted by molar-refractivity contribution is 0.231. The minimum atomic E-state index is 0.743. The van der Waals surface area contributed by atoms with Crippen molar-refractivity contribution >= 4 is 11.8 Å². The number of nitrogens with zero attached hydrogens (tertiary/aromatic N) is 1. The largest absolute Gasteiger partial charge is 0.312 e. The van der Waals surface area contributed by atoms with E-state index in [0.29, 0.717) is 0 Å². The predicted octanol–water partition coefficient (Wildman–Crippen LogP) is 1.81. The molecule has 2 nitrogen and oxygen atoms in total. The van der Waals surface area contributed by atoms with Gasteiger partial charge in [-0.15, -0.1) is 0 Å². The zero-order chi connectivity index (χ0) is 10.8. The van der Waals surface area contributed by atoms with Crippen LogP contribution in [0.2, 0.25) is 0 Å². The summed E-state index contributed by atoms with van der Waals surface area (Å²) in [5, 5.41) is 5.26. The fraction of sp³-hybridized carbons (Fsp3) is 1.00. The van der Waals surface area contributed by atoms with Gasteiger partial charge in [-0.1, -0.05) is 20.8 Å². The van der Waals surface area contributed by atoms with E-state index in [-0.39, 0.29) is 0 Å². The van der Waals surface area contributed by atoms with Gasteiger partial charge in [0.15, 0.2) is 0 Å². The quantitative estimate of drug-likeness (QED) is 0.776. The predicted molar refractivity (Wildman–Crippen MR) is 68.5 cm³/mol. The van der Waals surface area contributed by atoms with Crippen LogP contribution in [-0.4, -0.2) is 47.6 Å². The lowest BCUT2D eigenvalue weighted by Gasteiger charge is -2.36. The maximum atomic E-state index is 3.63. The zero-order valence-electron chi connectivity index (χ0n) is 10.2. The Morgan fingerprint density at radius 1 is 1.20 bits per heavy atom. The Labute approximate surface area is 98.2 Å². The van der Waals surface area contributed by atoms with Crippen LogP contribution in [-0.2, 0) is 0 Å². The number of hydrogen-bond acceptors (Lipinski definition) is 3. The van der Waals surface area contributed by atoms with Crippen LogP contribution in [0.4, 0.5) is 0 Å². The summed E-state index contributed by atoms with van der Waals surface area (Å²) in [5.74, 6) is 0.866. The summed E-state index contributed by atoms with van der Waals surface area (Å²) >= 11 is 2.14. The monoisotopic (exact) mass is 228 g/mol. The topological polar surface area (TPSA) is 15.3 Å². The summed E-state index contributed by atoms with van der Waals surface area (Å²) in [7, 11) is 0. The summed E-state index contributed by atoms with van der Waals surface area (Å²) in [6.45, 7) is 12.1. The summed E-state index contributed by atoms with van der Waals surface area (Å²) < 4.78 is 0. The Morgan fingerprint density at radius 2 is 1.87 bits per heavy atom. The molecule has 2 fully saturated rings. The second-order valence-electron chi connectivity index (χ2n) is 5.30. The van der Waals surface area contributed by atoms with Gasteiger partial charge in [-0.05, 0) is 18.9 Å². The highest BCUT2D eigenvalue weighted by Gasteiger charge is 2.28. The highest BCUT2D eigenvalue weighted by atomic mass is 32.2. The van der Waals surface area contributed by atoms with Crippen molar-refractivity contribution in [2.24, 2.45) is 5.92 Å². The van der Waals surface area contributed by atoms with Crippen molar-refractivity contribution in [2.45, 2.75) is 43.7 Å². The van der Waals surface area contributed by atoms with Crippen LogP contribution >= 0.6 is 11.8 Å². The molecule has 4 unspecified atom stereocenters. The van der Waals surface area contributed by atoms with Crippen LogP contribution < -0.4 is 5.32 Å².